The predicted molar refractivity (Wildman–Crippen MR) is 62.9 cm³/mol. The van der Waals surface area contributed by atoms with Crippen LogP contribution in [0.15, 0.2) is 18.2 Å². The van der Waals surface area contributed by atoms with E-state index in [2.05, 4.69) is 10.2 Å². The van der Waals surface area contributed by atoms with Crippen LogP contribution in [0.1, 0.15) is 5.56 Å². The Morgan fingerprint density at radius 2 is 2.06 bits per heavy atom. The number of benzene rings is 1. The van der Waals surface area contributed by atoms with E-state index in [1.807, 2.05) is 12.1 Å². The van der Waals surface area contributed by atoms with E-state index >= 15 is 0 Å². The highest BCUT2D eigenvalue weighted by molar-refractivity contribution is 5.56. The molecule has 16 heavy (non-hydrogen) atoms. The second kappa shape index (κ2) is 4.49. The molecule has 5 heteroatoms. The molecule has 2 rings (SSSR count). The van der Waals surface area contributed by atoms with Crippen molar-refractivity contribution in [2.24, 2.45) is 0 Å². The van der Waals surface area contributed by atoms with E-state index in [0.717, 1.165) is 31.9 Å². The molecular formula is C11H15N3O2. The first-order valence-electron chi connectivity index (χ1n) is 5.39. The van der Waals surface area contributed by atoms with Crippen molar-refractivity contribution in [3.63, 3.8) is 0 Å². The topological polar surface area (TPSA) is 58.4 Å². The number of hydrogen-bond donors (Lipinski definition) is 1. The van der Waals surface area contributed by atoms with Gasteiger partial charge in [-0.3, -0.25) is 10.1 Å². The molecule has 86 valence electrons. The Morgan fingerprint density at radius 1 is 1.38 bits per heavy atom. The van der Waals surface area contributed by atoms with Gasteiger partial charge in [-0.2, -0.15) is 0 Å². The zero-order valence-electron chi connectivity index (χ0n) is 9.27. The second-order valence-electron chi connectivity index (χ2n) is 3.96. The SMILES string of the molecule is Cc1ccc(N2CCNCC2)cc1[N+](=O)[O-]. The Kier molecular flexibility index (Phi) is 3.05. The van der Waals surface area contributed by atoms with Crippen LogP contribution in [0.25, 0.3) is 0 Å². The highest BCUT2D eigenvalue weighted by atomic mass is 16.6. The minimum absolute atomic E-state index is 0.205. The van der Waals surface area contributed by atoms with Gasteiger partial charge in [0, 0.05) is 43.5 Å². The molecule has 0 radical (unpaired) electrons. The van der Waals surface area contributed by atoms with Crippen molar-refractivity contribution in [3.05, 3.63) is 33.9 Å². The summed E-state index contributed by atoms with van der Waals surface area (Å²) in [6.07, 6.45) is 0. The number of anilines is 1. The maximum absolute atomic E-state index is 10.8. The summed E-state index contributed by atoms with van der Waals surface area (Å²) in [5, 5.41) is 14.1. The van der Waals surface area contributed by atoms with Crippen LogP contribution in [-0.4, -0.2) is 31.1 Å². The van der Waals surface area contributed by atoms with Gasteiger partial charge in [-0.25, -0.2) is 0 Å². The first-order chi connectivity index (χ1) is 7.68. The van der Waals surface area contributed by atoms with Crippen molar-refractivity contribution < 1.29 is 4.92 Å². The van der Waals surface area contributed by atoms with E-state index in [-0.39, 0.29) is 10.6 Å². The average Bonchev–Trinajstić information content (AvgIpc) is 2.30. The minimum Gasteiger partial charge on any atom is -0.369 e. The van der Waals surface area contributed by atoms with E-state index in [0.29, 0.717) is 5.56 Å². The van der Waals surface area contributed by atoms with Gasteiger partial charge in [0.1, 0.15) is 0 Å². The third-order valence-electron chi connectivity index (χ3n) is 2.87. The van der Waals surface area contributed by atoms with Crippen LogP contribution in [-0.2, 0) is 0 Å². The molecule has 5 nitrogen and oxygen atoms in total. The van der Waals surface area contributed by atoms with Crippen molar-refractivity contribution in [2.45, 2.75) is 6.92 Å². The number of nitrogens with one attached hydrogen (secondary N) is 1. The van der Waals surface area contributed by atoms with Crippen molar-refractivity contribution >= 4 is 11.4 Å². The predicted octanol–water partition coefficient (Wildman–Crippen LogP) is 1.31. The number of hydrogen-bond acceptors (Lipinski definition) is 4. The van der Waals surface area contributed by atoms with E-state index in [4.69, 9.17) is 0 Å². The average molecular weight is 221 g/mol. The number of piperazine rings is 1. The summed E-state index contributed by atoms with van der Waals surface area (Å²) in [6, 6.07) is 5.43. The third kappa shape index (κ3) is 2.14. The maximum atomic E-state index is 10.8. The molecule has 1 aromatic rings. The van der Waals surface area contributed by atoms with Gasteiger partial charge in [0.2, 0.25) is 0 Å². The van der Waals surface area contributed by atoms with Gasteiger partial charge in [-0.15, -0.1) is 0 Å². The van der Waals surface area contributed by atoms with Gasteiger partial charge < -0.3 is 10.2 Å². The quantitative estimate of drug-likeness (QED) is 0.604. The first kappa shape index (κ1) is 10.9. The molecule has 0 amide bonds. The zero-order chi connectivity index (χ0) is 11.5. The molecule has 1 heterocycles. The Hall–Kier alpha value is -1.62. The summed E-state index contributed by atoms with van der Waals surface area (Å²) in [7, 11) is 0. The number of rotatable bonds is 2. The lowest BCUT2D eigenvalue weighted by Crippen LogP contribution is -2.43. The van der Waals surface area contributed by atoms with Crippen LogP contribution in [0.3, 0.4) is 0 Å². The monoisotopic (exact) mass is 221 g/mol. The lowest BCUT2D eigenvalue weighted by atomic mass is 10.1. The summed E-state index contributed by atoms with van der Waals surface area (Å²) < 4.78 is 0. The largest absolute Gasteiger partial charge is 0.369 e. The van der Waals surface area contributed by atoms with E-state index in [1.165, 1.54) is 0 Å². The van der Waals surface area contributed by atoms with Gasteiger partial charge in [0.15, 0.2) is 0 Å². The third-order valence-corrected chi connectivity index (χ3v) is 2.87. The molecule has 0 unspecified atom stereocenters. The van der Waals surface area contributed by atoms with Crippen molar-refractivity contribution in [2.75, 3.05) is 31.1 Å². The molecule has 1 aromatic carbocycles. The minimum atomic E-state index is -0.318. The molecule has 1 N–H and O–H groups in total. The zero-order valence-corrected chi connectivity index (χ0v) is 9.27. The Bertz CT molecular complexity index is 400. The molecule has 1 aliphatic heterocycles. The fourth-order valence-corrected chi connectivity index (χ4v) is 1.91. The van der Waals surface area contributed by atoms with Crippen LogP contribution in [0, 0.1) is 17.0 Å². The summed E-state index contributed by atoms with van der Waals surface area (Å²) in [5.74, 6) is 0. The maximum Gasteiger partial charge on any atom is 0.274 e. The first-order valence-corrected chi connectivity index (χ1v) is 5.39. The lowest BCUT2D eigenvalue weighted by Gasteiger charge is -2.29. The van der Waals surface area contributed by atoms with Gasteiger partial charge in [-0.05, 0) is 13.0 Å². The van der Waals surface area contributed by atoms with E-state index in [1.54, 1.807) is 13.0 Å². The van der Waals surface area contributed by atoms with Gasteiger partial charge in [0.25, 0.3) is 5.69 Å². The molecule has 0 atom stereocenters. The van der Waals surface area contributed by atoms with E-state index < -0.39 is 0 Å². The fraction of sp³-hybridized carbons (Fsp3) is 0.455. The van der Waals surface area contributed by atoms with E-state index in [9.17, 15) is 10.1 Å². The smallest absolute Gasteiger partial charge is 0.274 e. The molecule has 0 bridgehead atoms. The second-order valence-corrected chi connectivity index (χ2v) is 3.96. The summed E-state index contributed by atoms with van der Waals surface area (Å²) >= 11 is 0. The lowest BCUT2D eigenvalue weighted by molar-refractivity contribution is -0.385. The molecular weight excluding hydrogens is 206 g/mol. The summed E-state index contributed by atoms with van der Waals surface area (Å²) in [4.78, 5) is 12.7. The van der Waals surface area contributed by atoms with Crippen LogP contribution in [0.4, 0.5) is 11.4 Å². The van der Waals surface area contributed by atoms with Crippen LogP contribution < -0.4 is 10.2 Å². The van der Waals surface area contributed by atoms with Crippen LogP contribution >= 0.6 is 0 Å². The number of nitrogens with zero attached hydrogens (tertiary/aromatic N) is 2. The Balaban J connectivity index is 2.27. The standard InChI is InChI=1S/C11H15N3O2/c1-9-2-3-10(8-11(9)14(15)16)13-6-4-12-5-7-13/h2-3,8,12H,4-7H2,1H3. The summed E-state index contributed by atoms with van der Waals surface area (Å²) in [6.45, 7) is 5.43. The Morgan fingerprint density at radius 3 is 2.69 bits per heavy atom. The molecule has 1 fully saturated rings. The number of nitro groups is 1. The number of nitro benzene ring substituents is 1. The Labute approximate surface area is 94.2 Å². The molecule has 0 spiro atoms. The molecule has 0 saturated carbocycles. The van der Waals surface area contributed by atoms with Crippen molar-refractivity contribution in [1.82, 2.24) is 5.32 Å². The van der Waals surface area contributed by atoms with Gasteiger partial charge in [-0.1, -0.05) is 6.07 Å². The van der Waals surface area contributed by atoms with Crippen LogP contribution in [0.5, 0.6) is 0 Å². The number of aryl methyl sites for hydroxylation is 1. The molecule has 1 aliphatic rings. The van der Waals surface area contributed by atoms with Gasteiger partial charge >= 0.3 is 0 Å². The van der Waals surface area contributed by atoms with Crippen molar-refractivity contribution in [3.8, 4) is 0 Å². The normalized spacial score (nSPS) is 16.2. The summed E-state index contributed by atoms with van der Waals surface area (Å²) in [5.41, 5.74) is 1.86. The molecule has 0 aromatic heterocycles. The van der Waals surface area contributed by atoms with Crippen LogP contribution in [0.2, 0.25) is 0 Å². The molecule has 1 saturated heterocycles. The fourth-order valence-electron chi connectivity index (χ4n) is 1.91. The highest BCUT2D eigenvalue weighted by Crippen LogP contribution is 2.25. The highest BCUT2D eigenvalue weighted by Gasteiger charge is 2.15. The molecule has 0 aliphatic carbocycles. The van der Waals surface area contributed by atoms with Gasteiger partial charge in [0.05, 0.1) is 4.92 Å². The van der Waals surface area contributed by atoms with Crippen molar-refractivity contribution in [1.29, 1.82) is 0 Å².